The normalized spacial score (nSPS) is 10.9. The summed E-state index contributed by atoms with van der Waals surface area (Å²) in [6.07, 6.45) is 0.879. The van der Waals surface area contributed by atoms with Gasteiger partial charge in [0.1, 0.15) is 22.6 Å². The number of nitrogens with zero attached hydrogens (tertiary/aromatic N) is 1. The van der Waals surface area contributed by atoms with E-state index in [9.17, 15) is 24.3 Å². The van der Waals surface area contributed by atoms with Gasteiger partial charge >= 0.3 is 23.9 Å². The molecule has 0 aliphatic carbocycles. The van der Waals surface area contributed by atoms with E-state index >= 15 is 0 Å². The molecule has 0 fully saturated rings. The third-order valence-corrected chi connectivity index (χ3v) is 5.23. The SMILES string of the molecule is COC(=O)/C=C(\C(=O)OC)n1c(-c2ccccc2)c(C(=O)OC)c(C(=O)OC)c1-c1ccc(O)cc1. The summed E-state index contributed by atoms with van der Waals surface area (Å²) in [5.41, 5.74) is -0.000438. The molecule has 0 saturated heterocycles. The maximum Gasteiger partial charge on any atom is 0.355 e. The van der Waals surface area contributed by atoms with E-state index in [0.717, 1.165) is 34.5 Å². The Hall–Kier alpha value is -4.86. The lowest BCUT2D eigenvalue weighted by atomic mass is 10.0. The van der Waals surface area contributed by atoms with Gasteiger partial charge < -0.3 is 28.6 Å². The molecule has 0 unspecified atom stereocenters. The Morgan fingerprint density at radius 2 is 1.19 bits per heavy atom. The van der Waals surface area contributed by atoms with Gasteiger partial charge in [-0.05, 0) is 35.4 Å². The van der Waals surface area contributed by atoms with Gasteiger partial charge in [-0.25, -0.2) is 19.2 Å². The zero-order valence-electron chi connectivity index (χ0n) is 19.9. The minimum absolute atomic E-state index is 0.0154. The second kappa shape index (κ2) is 11.0. The number of carbonyl (C=O) groups is 4. The van der Waals surface area contributed by atoms with Gasteiger partial charge in [-0.3, -0.25) is 0 Å². The largest absolute Gasteiger partial charge is 0.508 e. The van der Waals surface area contributed by atoms with Crippen LogP contribution in [0.2, 0.25) is 0 Å². The number of aromatic nitrogens is 1. The van der Waals surface area contributed by atoms with Gasteiger partial charge in [0.2, 0.25) is 0 Å². The summed E-state index contributed by atoms with van der Waals surface area (Å²) in [6.45, 7) is 0. The van der Waals surface area contributed by atoms with Gasteiger partial charge in [0.25, 0.3) is 0 Å². The van der Waals surface area contributed by atoms with Gasteiger partial charge in [0, 0.05) is 0 Å². The molecular weight excluding hydrogens is 470 g/mol. The first-order chi connectivity index (χ1) is 17.3. The Balaban J connectivity index is 2.67. The fourth-order valence-electron chi connectivity index (χ4n) is 3.67. The lowest BCUT2D eigenvalue weighted by Crippen LogP contribution is -2.16. The molecule has 3 rings (SSSR count). The zero-order chi connectivity index (χ0) is 26.4. The number of ether oxygens (including phenoxy) is 4. The van der Waals surface area contributed by atoms with Crippen LogP contribution < -0.4 is 0 Å². The number of phenolic OH excluding ortho intramolecular Hbond substituents is 1. The van der Waals surface area contributed by atoms with E-state index in [2.05, 4.69) is 0 Å². The second-order valence-corrected chi connectivity index (χ2v) is 7.22. The van der Waals surface area contributed by atoms with Gasteiger partial charge in [-0.1, -0.05) is 30.3 Å². The van der Waals surface area contributed by atoms with Gasteiger partial charge in [-0.2, -0.15) is 0 Å². The summed E-state index contributed by atoms with van der Waals surface area (Å²) in [6, 6.07) is 14.1. The number of carbonyl (C=O) groups excluding carboxylic acids is 4. The molecule has 186 valence electrons. The molecule has 1 aromatic heterocycles. The molecule has 1 heterocycles. The molecule has 0 atom stereocenters. The molecule has 1 N–H and O–H groups in total. The summed E-state index contributed by atoms with van der Waals surface area (Å²) in [5, 5.41) is 9.83. The minimum atomic E-state index is -0.958. The molecular formula is C26H23NO9. The quantitative estimate of drug-likeness (QED) is 0.299. The highest BCUT2D eigenvalue weighted by Gasteiger charge is 2.36. The first-order valence-electron chi connectivity index (χ1n) is 10.5. The maximum absolute atomic E-state index is 13.1. The van der Waals surface area contributed by atoms with Crippen molar-refractivity contribution < 1.29 is 43.2 Å². The first kappa shape index (κ1) is 25.8. The van der Waals surface area contributed by atoms with Crippen LogP contribution >= 0.6 is 0 Å². The van der Waals surface area contributed by atoms with Crippen LogP contribution in [0.15, 0.2) is 60.7 Å². The summed E-state index contributed by atoms with van der Waals surface area (Å²) >= 11 is 0. The number of methoxy groups -OCH3 is 4. The Morgan fingerprint density at radius 3 is 1.64 bits per heavy atom. The minimum Gasteiger partial charge on any atom is -0.508 e. The third kappa shape index (κ3) is 4.83. The molecule has 36 heavy (non-hydrogen) atoms. The van der Waals surface area contributed by atoms with Crippen LogP contribution in [0.3, 0.4) is 0 Å². The van der Waals surface area contributed by atoms with Crippen molar-refractivity contribution >= 4 is 29.6 Å². The fraction of sp³-hybridized carbons (Fsp3) is 0.154. The Bertz CT molecular complexity index is 1340. The van der Waals surface area contributed by atoms with Crippen molar-refractivity contribution in [3.05, 3.63) is 71.8 Å². The van der Waals surface area contributed by atoms with E-state index in [4.69, 9.17) is 18.9 Å². The molecule has 2 aromatic carbocycles. The fourth-order valence-corrected chi connectivity index (χ4v) is 3.67. The maximum atomic E-state index is 13.1. The Labute approximate surface area is 206 Å². The van der Waals surface area contributed by atoms with Crippen molar-refractivity contribution in [3.8, 4) is 28.3 Å². The van der Waals surface area contributed by atoms with Crippen molar-refractivity contribution in [2.24, 2.45) is 0 Å². The highest BCUT2D eigenvalue weighted by molar-refractivity contribution is 6.20. The summed E-state index contributed by atoms with van der Waals surface area (Å²) < 4.78 is 20.9. The molecule has 0 spiro atoms. The highest BCUT2D eigenvalue weighted by atomic mass is 16.5. The molecule has 3 aromatic rings. The predicted molar refractivity (Wildman–Crippen MR) is 128 cm³/mol. The summed E-state index contributed by atoms with van der Waals surface area (Å²) in [4.78, 5) is 51.5. The van der Waals surface area contributed by atoms with Crippen LogP contribution in [0.5, 0.6) is 5.75 Å². The number of benzene rings is 2. The Kier molecular flexibility index (Phi) is 7.90. The van der Waals surface area contributed by atoms with Crippen LogP contribution in [-0.4, -0.2) is 62.0 Å². The number of phenols is 1. The van der Waals surface area contributed by atoms with E-state index in [-0.39, 0.29) is 34.0 Å². The molecule has 10 heteroatoms. The molecule has 0 aliphatic heterocycles. The smallest absolute Gasteiger partial charge is 0.355 e. The van der Waals surface area contributed by atoms with Gasteiger partial charge in [0.05, 0.1) is 45.9 Å². The average molecular weight is 493 g/mol. The number of hydrogen-bond acceptors (Lipinski definition) is 9. The Morgan fingerprint density at radius 1 is 0.694 bits per heavy atom. The van der Waals surface area contributed by atoms with E-state index in [0.29, 0.717) is 11.1 Å². The van der Waals surface area contributed by atoms with Crippen LogP contribution in [0.25, 0.3) is 28.2 Å². The monoisotopic (exact) mass is 493 g/mol. The average Bonchev–Trinajstić information content (AvgIpc) is 3.26. The standard InChI is InChI=1S/C26H23NO9/c1-33-19(29)14-18(24(30)34-2)27-22(15-8-6-5-7-9-15)20(25(31)35-3)21(26(32)36-4)23(27)16-10-12-17(28)13-11-16/h5-14,28H,1-4H3/b18-14+. The van der Waals surface area contributed by atoms with Crippen LogP contribution in [-0.2, 0) is 28.5 Å². The lowest BCUT2D eigenvalue weighted by Gasteiger charge is -2.17. The highest BCUT2D eigenvalue weighted by Crippen LogP contribution is 2.41. The molecule has 0 saturated carbocycles. The van der Waals surface area contributed by atoms with Crippen LogP contribution in [0.4, 0.5) is 0 Å². The molecule has 0 amide bonds. The van der Waals surface area contributed by atoms with Gasteiger partial charge in [0.15, 0.2) is 0 Å². The zero-order valence-corrected chi connectivity index (χ0v) is 19.9. The van der Waals surface area contributed by atoms with Crippen molar-refractivity contribution in [3.63, 3.8) is 0 Å². The van der Waals surface area contributed by atoms with Crippen LogP contribution in [0, 0.1) is 0 Å². The van der Waals surface area contributed by atoms with Crippen LogP contribution in [0.1, 0.15) is 20.7 Å². The van der Waals surface area contributed by atoms with E-state index in [1.807, 2.05) is 0 Å². The summed E-state index contributed by atoms with van der Waals surface area (Å²) in [7, 11) is 4.51. The van der Waals surface area contributed by atoms with E-state index in [1.165, 1.54) is 28.8 Å². The lowest BCUT2D eigenvalue weighted by molar-refractivity contribution is -0.137. The van der Waals surface area contributed by atoms with Crippen molar-refractivity contribution in [1.82, 2.24) is 4.57 Å². The van der Waals surface area contributed by atoms with E-state index < -0.39 is 23.9 Å². The van der Waals surface area contributed by atoms with Crippen molar-refractivity contribution in [2.45, 2.75) is 0 Å². The number of esters is 4. The summed E-state index contributed by atoms with van der Waals surface area (Å²) in [5.74, 6) is -3.71. The topological polar surface area (TPSA) is 130 Å². The molecule has 0 radical (unpaired) electrons. The third-order valence-electron chi connectivity index (χ3n) is 5.23. The number of aromatic hydroxyl groups is 1. The van der Waals surface area contributed by atoms with Crippen molar-refractivity contribution in [2.75, 3.05) is 28.4 Å². The van der Waals surface area contributed by atoms with Gasteiger partial charge in [-0.15, -0.1) is 0 Å². The molecule has 0 aliphatic rings. The number of rotatable bonds is 7. The first-order valence-corrected chi connectivity index (χ1v) is 10.5. The van der Waals surface area contributed by atoms with Crippen molar-refractivity contribution in [1.29, 1.82) is 0 Å². The predicted octanol–water partition coefficient (Wildman–Crippen LogP) is 3.29. The molecule has 0 bridgehead atoms. The second-order valence-electron chi connectivity index (χ2n) is 7.22. The molecule has 10 nitrogen and oxygen atoms in total. The number of hydrogen-bond donors (Lipinski definition) is 1. The van der Waals surface area contributed by atoms with E-state index in [1.54, 1.807) is 30.3 Å².